The maximum Gasteiger partial charge on any atom is 0.410 e. The second-order valence-corrected chi connectivity index (χ2v) is 9.02. The smallest absolute Gasteiger partial charge is 0.410 e. The lowest BCUT2D eigenvalue weighted by Crippen LogP contribution is -2.35. The van der Waals surface area contributed by atoms with E-state index in [-0.39, 0.29) is 22.8 Å². The molecule has 1 amide bonds. The summed E-state index contributed by atoms with van der Waals surface area (Å²) in [6, 6.07) is 3.27. The normalized spacial score (nSPS) is 19.0. The van der Waals surface area contributed by atoms with E-state index in [2.05, 4.69) is 4.98 Å². The average Bonchev–Trinajstić information content (AvgIpc) is 2.85. The van der Waals surface area contributed by atoms with E-state index in [1.807, 2.05) is 27.7 Å². The largest absolute Gasteiger partial charge is 0.444 e. The Bertz CT molecular complexity index is 662. The summed E-state index contributed by atoms with van der Waals surface area (Å²) < 4.78 is 30.1. The third kappa shape index (κ3) is 4.92. The Balaban J connectivity index is 1.97. The van der Waals surface area contributed by atoms with Gasteiger partial charge in [-0.3, -0.25) is 0 Å². The number of likely N-dealkylation sites (tertiary alicyclic amines) is 1. The van der Waals surface area contributed by atoms with E-state index in [0.717, 1.165) is 5.56 Å². The molecular weight excluding hydrogens is 316 g/mol. The monoisotopic (exact) mass is 340 g/mol. The van der Waals surface area contributed by atoms with Crippen LogP contribution in [0.3, 0.4) is 0 Å². The Morgan fingerprint density at radius 1 is 1.39 bits per heavy atom. The third-order valence-corrected chi connectivity index (χ3v) is 5.38. The van der Waals surface area contributed by atoms with Crippen LogP contribution in [0.25, 0.3) is 0 Å². The maximum absolute atomic E-state index is 12.4. The van der Waals surface area contributed by atoms with Crippen molar-refractivity contribution in [3.63, 3.8) is 0 Å². The van der Waals surface area contributed by atoms with Crippen molar-refractivity contribution in [3.05, 3.63) is 23.9 Å². The molecule has 1 aromatic rings. The zero-order valence-electron chi connectivity index (χ0n) is 14.1. The van der Waals surface area contributed by atoms with Crippen LogP contribution in [0.5, 0.6) is 0 Å². The van der Waals surface area contributed by atoms with Crippen LogP contribution in [0.15, 0.2) is 23.4 Å². The second-order valence-electron chi connectivity index (χ2n) is 7.04. The lowest BCUT2D eigenvalue weighted by molar-refractivity contribution is 0.0289. The number of rotatable bonds is 3. The highest BCUT2D eigenvalue weighted by Gasteiger charge is 2.33. The Morgan fingerprint density at radius 2 is 2.09 bits per heavy atom. The average molecular weight is 340 g/mol. The molecule has 23 heavy (non-hydrogen) atoms. The highest BCUT2D eigenvalue weighted by molar-refractivity contribution is 7.91. The van der Waals surface area contributed by atoms with Gasteiger partial charge in [-0.1, -0.05) is 6.07 Å². The summed E-state index contributed by atoms with van der Waals surface area (Å²) >= 11 is 0. The Kier molecular flexibility index (Phi) is 4.98. The molecule has 6 nitrogen and oxygen atoms in total. The molecule has 0 bridgehead atoms. The molecule has 2 rings (SSSR count). The van der Waals surface area contributed by atoms with E-state index in [1.165, 1.54) is 6.07 Å². The van der Waals surface area contributed by atoms with Crippen LogP contribution in [0.4, 0.5) is 4.79 Å². The maximum atomic E-state index is 12.4. The van der Waals surface area contributed by atoms with Crippen molar-refractivity contribution in [3.8, 4) is 0 Å². The minimum Gasteiger partial charge on any atom is -0.444 e. The first kappa shape index (κ1) is 17.7. The predicted molar refractivity (Wildman–Crippen MR) is 86.9 cm³/mol. The van der Waals surface area contributed by atoms with Crippen LogP contribution in [0.2, 0.25) is 0 Å². The number of carbonyl (C=O) groups excluding carboxylic acids is 1. The number of carbonyl (C=O) groups is 1. The van der Waals surface area contributed by atoms with Gasteiger partial charge in [-0.25, -0.2) is 18.2 Å². The van der Waals surface area contributed by atoms with Crippen LogP contribution < -0.4 is 0 Å². The first-order valence-electron chi connectivity index (χ1n) is 7.70. The van der Waals surface area contributed by atoms with Gasteiger partial charge in [-0.05, 0) is 51.7 Å². The van der Waals surface area contributed by atoms with Crippen molar-refractivity contribution in [1.29, 1.82) is 0 Å². The van der Waals surface area contributed by atoms with Crippen LogP contribution >= 0.6 is 0 Å². The van der Waals surface area contributed by atoms with Crippen molar-refractivity contribution in [2.45, 2.75) is 44.7 Å². The molecule has 0 radical (unpaired) electrons. The van der Waals surface area contributed by atoms with Crippen molar-refractivity contribution < 1.29 is 17.9 Å². The lowest BCUT2D eigenvalue weighted by atomic mass is 10.2. The van der Waals surface area contributed by atoms with Crippen molar-refractivity contribution >= 4 is 15.9 Å². The highest BCUT2D eigenvalue weighted by Crippen LogP contribution is 2.23. The Labute approximate surface area is 137 Å². The molecule has 0 aromatic carbocycles. The number of ether oxygens (including phenoxy) is 1. The summed E-state index contributed by atoms with van der Waals surface area (Å²) in [5, 5.41) is 0.0961. The summed E-state index contributed by atoms with van der Waals surface area (Å²) in [6.45, 7) is 8.22. The molecule has 1 atom stereocenters. The van der Waals surface area contributed by atoms with Crippen LogP contribution in [0.1, 0.15) is 32.8 Å². The van der Waals surface area contributed by atoms with Gasteiger partial charge in [0.25, 0.3) is 0 Å². The number of amides is 1. The van der Waals surface area contributed by atoms with E-state index < -0.39 is 15.4 Å². The Morgan fingerprint density at radius 3 is 2.65 bits per heavy atom. The first-order chi connectivity index (χ1) is 10.6. The highest BCUT2D eigenvalue weighted by atomic mass is 32.2. The fraction of sp³-hybridized carbons (Fsp3) is 0.625. The summed E-state index contributed by atoms with van der Waals surface area (Å²) in [5.41, 5.74) is 0.369. The van der Waals surface area contributed by atoms with Crippen molar-refractivity contribution in [2.24, 2.45) is 5.92 Å². The van der Waals surface area contributed by atoms with E-state index in [4.69, 9.17) is 4.74 Å². The van der Waals surface area contributed by atoms with Crippen molar-refractivity contribution in [1.82, 2.24) is 9.88 Å². The zero-order chi connectivity index (χ0) is 17.3. The number of sulfone groups is 1. The first-order valence-corrected chi connectivity index (χ1v) is 9.35. The van der Waals surface area contributed by atoms with Gasteiger partial charge in [0, 0.05) is 19.3 Å². The molecule has 0 N–H and O–H groups in total. The molecule has 1 saturated heterocycles. The number of pyridine rings is 1. The molecule has 0 saturated carbocycles. The lowest BCUT2D eigenvalue weighted by Gasteiger charge is -2.24. The third-order valence-electron chi connectivity index (χ3n) is 3.60. The van der Waals surface area contributed by atoms with E-state index in [1.54, 1.807) is 17.2 Å². The summed E-state index contributed by atoms with van der Waals surface area (Å²) in [4.78, 5) is 17.6. The van der Waals surface area contributed by atoms with Crippen molar-refractivity contribution in [2.75, 3.05) is 18.8 Å². The predicted octanol–water partition coefficient (Wildman–Crippen LogP) is 2.42. The number of hydrogen-bond acceptors (Lipinski definition) is 5. The fourth-order valence-electron chi connectivity index (χ4n) is 2.49. The molecule has 0 aliphatic carbocycles. The quantitative estimate of drug-likeness (QED) is 0.844. The SMILES string of the molecule is Cc1ccc(S(=O)(=O)CC2CCN(C(=O)OC(C)(C)C)C2)nc1. The molecule has 128 valence electrons. The molecular formula is C16H24N2O4S. The van der Waals surface area contributed by atoms with E-state index >= 15 is 0 Å². The van der Waals surface area contributed by atoms with Gasteiger partial charge in [0.05, 0.1) is 5.75 Å². The number of hydrogen-bond donors (Lipinski definition) is 0. The van der Waals surface area contributed by atoms with Gasteiger partial charge >= 0.3 is 6.09 Å². The molecule has 2 heterocycles. The molecule has 1 aliphatic rings. The second kappa shape index (κ2) is 6.47. The van der Waals surface area contributed by atoms with Gasteiger partial charge in [-0.2, -0.15) is 0 Å². The minimum atomic E-state index is -3.43. The van der Waals surface area contributed by atoms with Gasteiger partial charge in [0.15, 0.2) is 14.9 Å². The summed E-state index contributed by atoms with van der Waals surface area (Å²) in [7, 11) is -3.43. The van der Waals surface area contributed by atoms with Gasteiger partial charge in [-0.15, -0.1) is 0 Å². The molecule has 1 fully saturated rings. The molecule has 1 aliphatic heterocycles. The van der Waals surface area contributed by atoms with Gasteiger partial charge < -0.3 is 9.64 Å². The van der Waals surface area contributed by atoms with E-state index in [9.17, 15) is 13.2 Å². The number of aryl methyl sites for hydroxylation is 1. The van der Waals surface area contributed by atoms with Gasteiger partial charge in [0.1, 0.15) is 5.60 Å². The van der Waals surface area contributed by atoms with E-state index in [0.29, 0.717) is 19.5 Å². The zero-order valence-corrected chi connectivity index (χ0v) is 14.9. The summed E-state index contributed by atoms with van der Waals surface area (Å²) in [6.07, 6.45) is 1.82. The summed E-state index contributed by atoms with van der Waals surface area (Å²) in [5.74, 6) is -0.0850. The van der Waals surface area contributed by atoms with Crippen LogP contribution in [-0.4, -0.2) is 48.8 Å². The molecule has 1 unspecified atom stereocenters. The molecule has 7 heteroatoms. The molecule has 0 spiro atoms. The Hall–Kier alpha value is -1.63. The topological polar surface area (TPSA) is 76.6 Å². The van der Waals surface area contributed by atoms with Crippen LogP contribution in [0, 0.1) is 12.8 Å². The minimum absolute atomic E-state index is 0.00234. The molecule has 1 aromatic heterocycles. The standard InChI is InChI=1S/C16H24N2O4S/c1-12-5-6-14(17-9-12)23(20,21)11-13-7-8-18(10-13)15(19)22-16(2,3)4/h5-6,9,13H,7-8,10-11H2,1-4H3. The fourth-order valence-corrected chi connectivity index (χ4v) is 4.05. The number of nitrogens with zero attached hydrogens (tertiary/aromatic N) is 2. The number of aromatic nitrogens is 1. The van der Waals surface area contributed by atoms with Crippen LogP contribution in [-0.2, 0) is 14.6 Å². The van der Waals surface area contributed by atoms with Gasteiger partial charge in [0.2, 0.25) is 0 Å².